The lowest BCUT2D eigenvalue weighted by Crippen LogP contribution is -2.28. The summed E-state index contributed by atoms with van der Waals surface area (Å²) in [6.45, 7) is 0. The summed E-state index contributed by atoms with van der Waals surface area (Å²) in [6, 6.07) is 32.2. The second-order valence-corrected chi connectivity index (χ2v) is 13.1. The molecule has 0 amide bonds. The van der Waals surface area contributed by atoms with Gasteiger partial charge in [-0.1, -0.05) is 78.1 Å². The lowest BCUT2D eigenvalue weighted by Gasteiger charge is -2.26. The van der Waals surface area contributed by atoms with Crippen molar-refractivity contribution in [2.24, 2.45) is 0 Å². The van der Waals surface area contributed by atoms with Gasteiger partial charge in [0.1, 0.15) is 9.83 Å². The molecule has 1 aliphatic carbocycles. The van der Waals surface area contributed by atoms with E-state index in [0.717, 1.165) is 21.6 Å². The maximum absolute atomic E-state index is 14.1. The van der Waals surface area contributed by atoms with Crippen LogP contribution in [0.2, 0.25) is 0 Å². The Morgan fingerprint density at radius 2 is 1.33 bits per heavy atom. The molecule has 0 heterocycles. The van der Waals surface area contributed by atoms with Crippen molar-refractivity contribution in [3.05, 3.63) is 114 Å². The normalized spacial score (nSPS) is 14.3. The zero-order chi connectivity index (χ0) is 25.2. The number of para-hydroxylation sites is 1. The highest BCUT2D eigenvalue weighted by molar-refractivity contribution is 8.19. The predicted octanol–water partition coefficient (Wildman–Crippen LogP) is 6.87. The molecule has 0 fully saturated rings. The smallest absolute Gasteiger partial charge is 0.229 e. The molecule has 0 saturated heterocycles. The monoisotopic (exact) mass is 533 g/mol. The van der Waals surface area contributed by atoms with E-state index >= 15 is 0 Å². The molecule has 0 aliphatic heterocycles. The van der Waals surface area contributed by atoms with E-state index in [1.54, 1.807) is 24.3 Å². The van der Waals surface area contributed by atoms with Crippen LogP contribution in [0.3, 0.4) is 0 Å². The van der Waals surface area contributed by atoms with E-state index in [2.05, 4.69) is 4.72 Å². The molecule has 36 heavy (non-hydrogen) atoms. The summed E-state index contributed by atoms with van der Waals surface area (Å²) in [5.41, 5.74) is 1.55. The summed E-state index contributed by atoms with van der Waals surface area (Å²) in [5, 5.41) is 0. The third kappa shape index (κ3) is 5.46. The van der Waals surface area contributed by atoms with Crippen molar-refractivity contribution in [3.63, 3.8) is 0 Å². The first-order valence-corrected chi connectivity index (χ1v) is 14.7. The standard InChI is InChI=1S/C28H23NO4S3/c1-36(31,32)29-25-18-24-20(17-26(25)33-21-11-5-2-6-12-21)19-28(27(24)30,34-22-13-7-3-8-14-22)35-23-15-9-4-10-16-23/h2-18,29H,19H2,1H3. The first-order chi connectivity index (χ1) is 17.3. The number of carbonyl (C=O) groups is 1. The maximum Gasteiger partial charge on any atom is 0.229 e. The number of ketones is 1. The number of nitrogens with one attached hydrogen (secondary N) is 1. The summed E-state index contributed by atoms with van der Waals surface area (Å²) in [5.74, 6) is 0.869. The second-order valence-electron chi connectivity index (χ2n) is 8.38. The van der Waals surface area contributed by atoms with Gasteiger partial charge in [0.15, 0.2) is 11.5 Å². The van der Waals surface area contributed by atoms with E-state index in [1.807, 2.05) is 78.9 Å². The number of anilines is 1. The topological polar surface area (TPSA) is 72.5 Å². The van der Waals surface area contributed by atoms with Crippen LogP contribution in [0, 0.1) is 0 Å². The van der Waals surface area contributed by atoms with Crippen LogP contribution in [-0.4, -0.2) is 24.5 Å². The van der Waals surface area contributed by atoms with Gasteiger partial charge in [-0.2, -0.15) is 0 Å². The minimum Gasteiger partial charge on any atom is -0.455 e. The van der Waals surface area contributed by atoms with Gasteiger partial charge in [-0.05, 0) is 54.1 Å². The first-order valence-electron chi connectivity index (χ1n) is 11.2. The highest BCUT2D eigenvalue weighted by Crippen LogP contribution is 2.54. The van der Waals surface area contributed by atoms with Gasteiger partial charge in [-0.15, -0.1) is 0 Å². The Kier molecular flexibility index (Phi) is 6.83. The minimum atomic E-state index is -3.60. The van der Waals surface area contributed by atoms with Gasteiger partial charge >= 0.3 is 0 Å². The number of hydrogen-bond acceptors (Lipinski definition) is 6. The van der Waals surface area contributed by atoms with Crippen molar-refractivity contribution < 1.29 is 17.9 Å². The third-order valence-corrected chi connectivity index (χ3v) is 8.96. The van der Waals surface area contributed by atoms with Crippen molar-refractivity contribution in [2.75, 3.05) is 11.0 Å². The van der Waals surface area contributed by atoms with Crippen molar-refractivity contribution in [1.82, 2.24) is 0 Å². The summed E-state index contributed by atoms with van der Waals surface area (Å²) in [6.07, 6.45) is 1.54. The number of Topliss-reactive ketones (excluding diaryl/α,β-unsaturated/α-hetero) is 1. The van der Waals surface area contributed by atoms with Crippen LogP contribution in [0.1, 0.15) is 15.9 Å². The molecule has 1 N–H and O–H groups in total. The molecule has 0 bridgehead atoms. The highest BCUT2D eigenvalue weighted by atomic mass is 32.2. The number of hydrogen-bond donors (Lipinski definition) is 1. The fourth-order valence-electron chi connectivity index (χ4n) is 4.04. The number of ether oxygens (including phenoxy) is 1. The van der Waals surface area contributed by atoms with E-state index < -0.39 is 14.1 Å². The Bertz CT molecular complexity index is 1450. The second kappa shape index (κ2) is 10.0. The van der Waals surface area contributed by atoms with Crippen LogP contribution in [0.15, 0.2) is 113 Å². The third-order valence-electron chi connectivity index (χ3n) is 5.54. The molecule has 1 aliphatic rings. The summed E-state index contributed by atoms with van der Waals surface area (Å²) >= 11 is 3.04. The number of benzene rings is 4. The first kappa shape index (κ1) is 24.5. The van der Waals surface area contributed by atoms with Crippen LogP contribution in [-0.2, 0) is 16.4 Å². The molecule has 0 spiro atoms. The Hall–Kier alpha value is -3.20. The number of carbonyl (C=O) groups excluding carboxylic acids is 1. The molecular weight excluding hydrogens is 511 g/mol. The highest BCUT2D eigenvalue weighted by Gasteiger charge is 2.48. The van der Waals surface area contributed by atoms with E-state index in [-0.39, 0.29) is 11.5 Å². The fourth-order valence-corrected chi connectivity index (χ4v) is 7.55. The summed E-state index contributed by atoms with van der Waals surface area (Å²) in [4.78, 5) is 16.0. The zero-order valence-electron chi connectivity index (χ0n) is 19.4. The van der Waals surface area contributed by atoms with Crippen LogP contribution in [0.25, 0.3) is 0 Å². The Morgan fingerprint density at radius 1 is 0.806 bits per heavy atom. The lowest BCUT2D eigenvalue weighted by atomic mass is 10.1. The Labute approximate surface area is 219 Å². The largest absolute Gasteiger partial charge is 0.455 e. The quantitative estimate of drug-likeness (QED) is 0.249. The predicted molar refractivity (Wildman–Crippen MR) is 147 cm³/mol. The molecule has 0 unspecified atom stereocenters. The Morgan fingerprint density at radius 3 is 1.86 bits per heavy atom. The van der Waals surface area contributed by atoms with Gasteiger partial charge in [0.05, 0.1) is 11.9 Å². The molecule has 8 heteroatoms. The average molecular weight is 534 g/mol. The number of fused-ring (bicyclic) bond motifs is 1. The SMILES string of the molecule is CS(=O)(=O)Nc1cc2c(cc1Oc1ccccc1)CC(Sc1ccccc1)(Sc1ccccc1)C2=O. The van der Waals surface area contributed by atoms with Gasteiger partial charge in [0, 0.05) is 21.8 Å². The average Bonchev–Trinajstić information content (AvgIpc) is 3.10. The maximum atomic E-state index is 14.1. The van der Waals surface area contributed by atoms with Crippen LogP contribution >= 0.6 is 23.5 Å². The van der Waals surface area contributed by atoms with E-state index in [4.69, 9.17) is 4.74 Å². The molecule has 4 aromatic rings. The van der Waals surface area contributed by atoms with Gasteiger partial charge in [0.2, 0.25) is 10.0 Å². The molecule has 0 atom stereocenters. The zero-order valence-corrected chi connectivity index (χ0v) is 21.8. The van der Waals surface area contributed by atoms with Crippen molar-refractivity contribution >= 4 is 45.0 Å². The molecule has 0 radical (unpaired) electrons. The van der Waals surface area contributed by atoms with E-state index in [1.165, 1.54) is 23.5 Å². The molecule has 4 aromatic carbocycles. The van der Waals surface area contributed by atoms with Gasteiger partial charge in [-0.3, -0.25) is 9.52 Å². The number of sulfonamides is 1. The van der Waals surface area contributed by atoms with Crippen molar-refractivity contribution in [2.45, 2.75) is 20.3 Å². The fraction of sp³-hybridized carbons (Fsp3) is 0.107. The van der Waals surface area contributed by atoms with Crippen LogP contribution < -0.4 is 9.46 Å². The molecule has 5 rings (SSSR count). The van der Waals surface area contributed by atoms with E-state index in [0.29, 0.717) is 23.5 Å². The Balaban J connectivity index is 1.59. The minimum absolute atomic E-state index is 0.0528. The summed E-state index contributed by atoms with van der Waals surface area (Å²) in [7, 11) is -3.60. The van der Waals surface area contributed by atoms with Gasteiger partial charge < -0.3 is 4.74 Å². The summed E-state index contributed by atoms with van der Waals surface area (Å²) < 4.78 is 32.0. The molecule has 0 aromatic heterocycles. The van der Waals surface area contributed by atoms with Gasteiger partial charge in [-0.25, -0.2) is 8.42 Å². The lowest BCUT2D eigenvalue weighted by molar-refractivity contribution is 0.0990. The van der Waals surface area contributed by atoms with Crippen molar-refractivity contribution in [1.29, 1.82) is 0 Å². The number of rotatable bonds is 8. The number of thioether (sulfide) groups is 2. The molecule has 0 saturated carbocycles. The van der Waals surface area contributed by atoms with Crippen molar-refractivity contribution in [3.8, 4) is 11.5 Å². The molecule has 182 valence electrons. The molecule has 5 nitrogen and oxygen atoms in total. The van der Waals surface area contributed by atoms with Crippen LogP contribution in [0.5, 0.6) is 11.5 Å². The van der Waals surface area contributed by atoms with E-state index in [9.17, 15) is 13.2 Å². The molecular formula is C28H23NO4S3. The van der Waals surface area contributed by atoms with Crippen LogP contribution in [0.4, 0.5) is 5.69 Å². The van der Waals surface area contributed by atoms with Gasteiger partial charge in [0.25, 0.3) is 0 Å².